The Morgan fingerprint density at radius 1 is 1.35 bits per heavy atom. The molecule has 0 aromatic rings. The van der Waals surface area contributed by atoms with Gasteiger partial charge in [0.15, 0.2) is 0 Å². The number of likely N-dealkylation sites (tertiary alicyclic amines) is 1. The number of nitrogens with two attached hydrogens (primary N) is 1. The van der Waals surface area contributed by atoms with Gasteiger partial charge in [-0.1, -0.05) is 0 Å². The van der Waals surface area contributed by atoms with E-state index in [1.165, 1.54) is 12.8 Å². The van der Waals surface area contributed by atoms with E-state index < -0.39 is 0 Å². The fourth-order valence-corrected chi connectivity index (χ4v) is 3.55. The first-order valence-corrected chi connectivity index (χ1v) is 8.11. The molecule has 0 radical (unpaired) electrons. The summed E-state index contributed by atoms with van der Waals surface area (Å²) in [7, 11) is 1.75. The van der Waals surface area contributed by atoms with Crippen molar-refractivity contribution in [1.82, 2.24) is 4.90 Å². The molecule has 1 heterocycles. The number of rotatable bonds is 4. The minimum Gasteiger partial charge on any atom is -0.377 e. The first-order valence-electron chi connectivity index (χ1n) is 8.11. The van der Waals surface area contributed by atoms with E-state index in [1.807, 2.05) is 4.90 Å². The van der Waals surface area contributed by atoms with Gasteiger partial charge in [-0.05, 0) is 57.8 Å². The van der Waals surface area contributed by atoms with E-state index in [1.54, 1.807) is 7.11 Å². The lowest BCUT2D eigenvalue weighted by atomic mass is 9.83. The number of nitrogens with zero attached hydrogens (tertiary/aromatic N) is 1. The summed E-state index contributed by atoms with van der Waals surface area (Å²) in [4.78, 5) is 14.4. The van der Waals surface area contributed by atoms with Gasteiger partial charge in [0.2, 0.25) is 5.91 Å². The maximum atomic E-state index is 12.4. The smallest absolute Gasteiger partial charge is 0.222 e. The molecule has 4 nitrogen and oxygen atoms in total. The number of ether oxygens (including phenoxy) is 1. The third-order valence-electron chi connectivity index (χ3n) is 5.16. The topological polar surface area (TPSA) is 55.6 Å². The lowest BCUT2D eigenvalue weighted by molar-refractivity contribution is -0.139. The van der Waals surface area contributed by atoms with Gasteiger partial charge in [-0.3, -0.25) is 4.79 Å². The Morgan fingerprint density at radius 3 is 2.70 bits per heavy atom. The molecular formula is C16H30N2O2. The van der Waals surface area contributed by atoms with Crippen LogP contribution in [-0.2, 0) is 9.53 Å². The molecule has 2 N–H and O–H groups in total. The number of hydrogen-bond donors (Lipinski definition) is 1. The van der Waals surface area contributed by atoms with Crippen molar-refractivity contribution in [2.75, 3.05) is 20.2 Å². The molecule has 0 aromatic carbocycles. The molecule has 4 heteroatoms. The number of piperidine rings is 1. The van der Waals surface area contributed by atoms with E-state index in [4.69, 9.17) is 10.5 Å². The Balaban J connectivity index is 1.74. The van der Waals surface area contributed by atoms with Gasteiger partial charge >= 0.3 is 0 Å². The highest BCUT2D eigenvalue weighted by molar-refractivity contribution is 5.76. The van der Waals surface area contributed by atoms with Gasteiger partial charge in [0.25, 0.3) is 0 Å². The van der Waals surface area contributed by atoms with Gasteiger partial charge in [0, 0.05) is 32.7 Å². The van der Waals surface area contributed by atoms with Crippen LogP contribution in [-0.4, -0.2) is 42.6 Å². The van der Waals surface area contributed by atoms with Crippen molar-refractivity contribution in [3.8, 4) is 0 Å². The van der Waals surface area contributed by atoms with Gasteiger partial charge in [-0.2, -0.15) is 0 Å². The second-order valence-electron chi connectivity index (χ2n) is 6.89. The lowest BCUT2D eigenvalue weighted by Crippen LogP contribution is -2.49. The van der Waals surface area contributed by atoms with Crippen LogP contribution in [0, 0.1) is 5.92 Å². The zero-order valence-corrected chi connectivity index (χ0v) is 13.1. The molecule has 0 aromatic heterocycles. The van der Waals surface area contributed by atoms with Crippen LogP contribution in [0.25, 0.3) is 0 Å². The molecule has 1 aliphatic heterocycles. The van der Waals surface area contributed by atoms with Crippen LogP contribution in [0.2, 0.25) is 0 Å². The molecule has 1 saturated heterocycles. The van der Waals surface area contributed by atoms with Crippen LogP contribution in [0.1, 0.15) is 58.3 Å². The second kappa shape index (κ2) is 6.90. The van der Waals surface area contributed by atoms with Gasteiger partial charge in [0.05, 0.1) is 5.60 Å². The quantitative estimate of drug-likeness (QED) is 0.861. The van der Waals surface area contributed by atoms with Crippen LogP contribution in [0.4, 0.5) is 0 Å². The molecule has 116 valence electrons. The molecular weight excluding hydrogens is 252 g/mol. The third kappa shape index (κ3) is 4.19. The van der Waals surface area contributed by atoms with Gasteiger partial charge in [-0.15, -0.1) is 0 Å². The van der Waals surface area contributed by atoms with Crippen LogP contribution in [0.3, 0.4) is 0 Å². The monoisotopic (exact) mass is 282 g/mol. The van der Waals surface area contributed by atoms with Crippen molar-refractivity contribution in [3.63, 3.8) is 0 Å². The molecule has 2 fully saturated rings. The second-order valence-corrected chi connectivity index (χ2v) is 6.89. The van der Waals surface area contributed by atoms with Crippen molar-refractivity contribution in [3.05, 3.63) is 0 Å². The average molecular weight is 282 g/mol. The van der Waals surface area contributed by atoms with E-state index >= 15 is 0 Å². The maximum absolute atomic E-state index is 12.4. The molecule has 2 rings (SSSR count). The third-order valence-corrected chi connectivity index (χ3v) is 5.16. The molecule has 1 saturated carbocycles. The predicted molar refractivity (Wildman–Crippen MR) is 80.4 cm³/mol. The van der Waals surface area contributed by atoms with Crippen molar-refractivity contribution >= 4 is 5.91 Å². The largest absolute Gasteiger partial charge is 0.377 e. The fraction of sp³-hybridized carbons (Fsp3) is 0.938. The molecule has 1 atom stereocenters. The summed E-state index contributed by atoms with van der Waals surface area (Å²) in [6.07, 6.45) is 8.48. The number of methoxy groups -OCH3 is 1. The summed E-state index contributed by atoms with van der Waals surface area (Å²) < 4.78 is 5.56. The predicted octanol–water partition coefficient (Wildman–Crippen LogP) is 2.31. The van der Waals surface area contributed by atoms with Crippen molar-refractivity contribution in [1.29, 1.82) is 0 Å². The lowest BCUT2D eigenvalue weighted by Gasteiger charge is -2.39. The van der Waals surface area contributed by atoms with Gasteiger partial charge < -0.3 is 15.4 Å². The summed E-state index contributed by atoms with van der Waals surface area (Å²) in [5.74, 6) is 1.01. The Hall–Kier alpha value is -0.610. The number of hydrogen-bond acceptors (Lipinski definition) is 3. The summed E-state index contributed by atoms with van der Waals surface area (Å²) in [5.41, 5.74) is 5.78. The minimum absolute atomic E-state index is 0.147. The normalized spacial score (nSPS) is 35.0. The minimum atomic E-state index is -0.147. The van der Waals surface area contributed by atoms with E-state index in [9.17, 15) is 4.79 Å². The summed E-state index contributed by atoms with van der Waals surface area (Å²) in [6.45, 7) is 3.75. The van der Waals surface area contributed by atoms with Crippen molar-refractivity contribution < 1.29 is 9.53 Å². The molecule has 0 bridgehead atoms. The molecule has 2 aliphatic rings. The number of carbonyl (C=O) groups is 1. The van der Waals surface area contributed by atoms with E-state index in [2.05, 4.69) is 6.92 Å². The molecule has 1 unspecified atom stereocenters. The SMILES string of the molecule is COC1(C)CCCN(C(=O)CCC2CCC(N)CC2)C1. The highest BCUT2D eigenvalue weighted by Crippen LogP contribution is 2.28. The number of amides is 1. The standard InChI is InChI=1S/C16H30N2O2/c1-16(20-2)10-3-11-18(12-16)15(19)9-6-13-4-7-14(17)8-5-13/h13-14H,3-12,17H2,1-2H3. The first kappa shape index (κ1) is 15.8. The number of carbonyl (C=O) groups excluding carboxylic acids is 1. The summed E-state index contributed by atoms with van der Waals surface area (Å²) >= 11 is 0. The molecule has 1 amide bonds. The Morgan fingerprint density at radius 2 is 2.05 bits per heavy atom. The van der Waals surface area contributed by atoms with Crippen LogP contribution in [0.15, 0.2) is 0 Å². The van der Waals surface area contributed by atoms with E-state index in [0.717, 1.165) is 45.2 Å². The van der Waals surface area contributed by atoms with Crippen LogP contribution >= 0.6 is 0 Å². The van der Waals surface area contributed by atoms with Gasteiger partial charge in [0.1, 0.15) is 0 Å². The Bertz CT molecular complexity index is 326. The fourth-order valence-electron chi connectivity index (χ4n) is 3.55. The maximum Gasteiger partial charge on any atom is 0.222 e. The van der Waals surface area contributed by atoms with Crippen molar-refractivity contribution in [2.45, 2.75) is 69.9 Å². The zero-order valence-electron chi connectivity index (χ0n) is 13.1. The molecule has 20 heavy (non-hydrogen) atoms. The average Bonchev–Trinajstić information content (AvgIpc) is 2.46. The summed E-state index contributed by atoms with van der Waals surface area (Å²) in [6, 6.07) is 0.395. The zero-order chi connectivity index (χ0) is 14.6. The Labute approximate surface area is 123 Å². The molecule has 0 spiro atoms. The first-order chi connectivity index (χ1) is 9.52. The van der Waals surface area contributed by atoms with Crippen molar-refractivity contribution in [2.24, 2.45) is 11.7 Å². The van der Waals surface area contributed by atoms with E-state index in [-0.39, 0.29) is 5.60 Å². The summed E-state index contributed by atoms with van der Waals surface area (Å²) in [5, 5.41) is 0. The highest BCUT2D eigenvalue weighted by Gasteiger charge is 2.33. The van der Waals surface area contributed by atoms with Crippen LogP contribution < -0.4 is 5.73 Å². The van der Waals surface area contributed by atoms with Crippen LogP contribution in [0.5, 0.6) is 0 Å². The van der Waals surface area contributed by atoms with E-state index in [0.29, 0.717) is 24.3 Å². The molecule has 1 aliphatic carbocycles. The van der Waals surface area contributed by atoms with Gasteiger partial charge in [-0.25, -0.2) is 0 Å². The highest BCUT2D eigenvalue weighted by atomic mass is 16.5. The Kier molecular flexibility index (Phi) is 5.44.